The Labute approximate surface area is 202 Å². The van der Waals surface area contributed by atoms with E-state index in [0.29, 0.717) is 60.9 Å². The number of aliphatic hydroxyl groups is 2. The van der Waals surface area contributed by atoms with Crippen LogP contribution in [0.15, 0.2) is 24.3 Å². The Kier molecular flexibility index (Phi) is 6.85. The van der Waals surface area contributed by atoms with Gasteiger partial charge in [0.05, 0.1) is 24.9 Å². The molecule has 2 atom stereocenters. The summed E-state index contributed by atoms with van der Waals surface area (Å²) >= 11 is 0. The van der Waals surface area contributed by atoms with E-state index >= 15 is 0 Å². The second kappa shape index (κ2) is 9.30. The maximum Gasteiger partial charge on any atom is 0.416 e. The zero-order valence-corrected chi connectivity index (χ0v) is 20.3. The molecule has 8 heteroatoms. The summed E-state index contributed by atoms with van der Waals surface area (Å²) in [5.74, 6) is -1.31. The quantitative estimate of drug-likeness (QED) is 0.494. The van der Waals surface area contributed by atoms with Crippen molar-refractivity contribution in [3.05, 3.63) is 69.3 Å². The Morgan fingerprint density at radius 2 is 1.91 bits per heavy atom. The fourth-order valence-electron chi connectivity index (χ4n) is 5.23. The van der Waals surface area contributed by atoms with Crippen LogP contribution in [-0.4, -0.2) is 28.4 Å². The van der Waals surface area contributed by atoms with E-state index in [4.69, 9.17) is 9.72 Å². The van der Waals surface area contributed by atoms with Gasteiger partial charge >= 0.3 is 6.18 Å². The van der Waals surface area contributed by atoms with Crippen LogP contribution in [0.5, 0.6) is 0 Å². The van der Waals surface area contributed by atoms with Crippen molar-refractivity contribution in [1.29, 1.82) is 0 Å². The first-order chi connectivity index (χ1) is 16.3. The summed E-state index contributed by atoms with van der Waals surface area (Å²) in [6, 6.07) is 2.16. The van der Waals surface area contributed by atoms with Gasteiger partial charge in [0.25, 0.3) is 0 Å². The maximum absolute atomic E-state index is 15.0. The second-order valence-electron chi connectivity index (χ2n) is 10.6. The van der Waals surface area contributed by atoms with Crippen LogP contribution in [-0.2, 0) is 17.3 Å². The van der Waals surface area contributed by atoms with E-state index < -0.39 is 29.8 Å². The molecule has 190 valence electrons. The standard InChI is InChI=1S/C27H31F4NO3/c1-14(2)24-23(25(34)17-6-5-16(11-18(17)28)27(29,30)31)21(15-7-9-35-10-8-15)22-19(32-24)12-26(3,4)13-20(22)33/h5-7,11,14,20,25,33-34H,8-10,12-13H2,1-4H3. The van der Waals surface area contributed by atoms with Crippen LogP contribution in [0.25, 0.3) is 5.57 Å². The lowest BCUT2D eigenvalue weighted by Crippen LogP contribution is -2.30. The third-order valence-corrected chi connectivity index (χ3v) is 6.83. The Morgan fingerprint density at radius 1 is 1.20 bits per heavy atom. The molecular weight excluding hydrogens is 462 g/mol. The SMILES string of the molecule is CC(C)c1nc2c(c(C3=CCOCC3)c1C(O)c1ccc(C(F)(F)F)cc1F)C(O)CC(C)(C)C2. The smallest absolute Gasteiger partial charge is 0.388 e. The Hall–Kier alpha value is -2.29. The first kappa shape index (κ1) is 25.8. The van der Waals surface area contributed by atoms with Gasteiger partial charge < -0.3 is 14.9 Å². The molecule has 2 N–H and O–H groups in total. The van der Waals surface area contributed by atoms with Gasteiger partial charge in [-0.25, -0.2) is 4.39 Å². The molecule has 0 fully saturated rings. The van der Waals surface area contributed by atoms with Crippen LogP contribution >= 0.6 is 0 Å². The van der Waals surface area contributed by atoms with E-state index in [1.54, 1.807) is 0 Å². The van der Waals surface area contributed by atoms with Crippen LogP contribution in [0.4, 0.5) is 17.6 Å². The highest BCUT2D eigenvalue weighted by Gasteiger charge is 2.39. The predicted molar refractivity (Wildman–Crippen MR) is 124 cm³/mol. The lowest BCUT2D eigenvalue weighted by Gasteiger charge is -2.38. The van der Waals surface area contributed by atoms with Crippen LogP contribution in [0, 0.1) is 11.2 Å². The minimum Gasteiger partial charge on any atom is -0.388 e. The van der Waals surface area contributed by atoms with E-state index in [0.717, 1.165) is 23.4 Å². The van der Waals surface area contributed by atoms with Crippen LogP contribution < -0.4 is 0 Å². The summed E-state index contributed by atoms with van der Waals surface area (Å²) in [6.45, 7) is 8.73. The highest BCUT2D eigenvalue weighted by Crippen LogP contribution is 2.48. The maximum atomic E-state index is 15.0. The number of pyridine rings is 1. The van der Waals surface area contributed by atoms with Gasteiger partial charge in [-0.3, -0.25) is 4.98 Å². The zero-order chi connectivity index (χ0) is 25.7. The van der Waals surface area contributed by atoms with E-state index in [1.165, 1.54) is 0 Å². The molecule has 1 aliphatic carbocycles. The van der Waals surface area contributed by atoms with E-state index in [9.17, 15) is 27.8 Å². The molecule has 0 radical (unpaired) electrons. The molecule has 4 nitrogen and oxygen atoms in total. The average Bonchev–Trinajstić information content (AvgIpc) is 2.76. The Morgan fingerprint density at radius 3 is 2.49 bits per heavy atom. The number of aliphatic hydroxyl groups excluding tert-OH is 2. The predicted octanol–water partition coefficient (Wildman–Crippen LogP) is 6.25. The van der Waals surface area contributed by atoms with Gasteiger partial charge in [-0.2, -0.15) is 13.2 Å². The van der Waals surface area contributed by atoms with Crippen molar-refractivity contribution in [2.75, 3.05) is 13.2 Å². The normalized spacial score (nSPS) is 21.0. The number of alkyl halides is 3. The van der Waals surface area contributed by atoms with Gasteiger partial charge in [0.15, 0.2) is 0 Å². The summed E-state index contributed by atoms with van der Waals surface area (Å²) in [6.07, 6.45) is -3.58. The number of nitrogens with zero attached hydrogens (tertiary/aromatic N) is 1. The zero-order valence-electron chi connectivity index (χ0n) is 20.3. The molecule has 2 aromatic rings. The molecule has 0 spiro atoms. The van der Waals surface area contributed by atoms with Gasteiger partial charge in [0, 0.05) is 28.1 Å². The molecule has 1 aromatic carbocycles. The van der Waals surface area contributed by atoms with E-state index in [2.05, 4.69) is 13.8 Å². The lowest BCUT2D eigenvalue weighted by atomic mass is 9.71. The third-order valence-electron chi connectivity index (χ3n) is 6.83. The lowest BCUT2D eigenvalue weighted by molar-refractivity contribution is -0.137. The highest BCUT2D eigenvalue weighted by molar-refractivity contribution is 5.75. The van der Waals surface area contributed by atoms with Crippen LogP contribution in [0.3, 0.4) is 0 Å². The number of halogens is 4. The number of ether oxygens (including phenoxy) is 1. The summed E-state index contributed by atoms with van der Waals surface area (Å²) in [7, 11) is 0. The van der Waals surface area contributed by atoms with Gasteiger partial charge in [0.1, 0.15) is 11.9 Å². The van der Waals surface area contributed by atoms with Crippen molar-refractivity contribution < 1.29 is 32.5 Å². The van der Waals surface area contributed by atoms with Gasteiger partial charge in [-0.1, -0.05) is 39.8 Å². The van der Waals surface area contributed by atoms with Crippen LogP contribution in [0.1, 0.15) is 97.9 Å². The number of rotatable bonds is 4. The second-order valence-corrected chi connectivity index (χ2v) is 10.6. The summed E-state index contributed by atoms with van der Waals surface area (Å²) in [5, 5.41) is 22.7. The molecule has 35 heavy (non-hydrogen) atoms. The average molecular weight is 494 g/mol. The van der Waals surface area contributed by atoms with Crippen LogP contribution in [0.2, 0.25) is 0 Å². The number of fused-ring (bicyclic) bond motifs is 1. The molecule has 0 amide bonds. The summed E-state index contributed by atoms with van der Waals surface area (Å²) < 4.78 is 59.8. The Bertz CT molecular complexity index is 1150. The first-order valence-electron chi connectivity index (χ1n) is 11.9. The van der Waals surface area contributed by atoms with Crippen molar-refractivity contribution in [3.63, 3.8) is 0 Å². The number of hydrogen-bond donors (Lipinski definition) is 2. The van der Waals surface area contributed by atoms with Crippen molar-refractivity contribution in [3.8, 4) is 0 Å². The molecule has 1 aliphatic heterocycles. The minimum atomic E-state index is -4.70. The largest absolute Gasteiger partial charge is 0.416 e. The summed E-state index contributed by atoms with van der Waals surface area (Å²) in [4.78, 5) is 4.87. The van der Waals surface area contributed by atoms with E-state index in [-0.39, 0.29) is 16.9 Å². The number of aromatic nitrogens is 1. The van der Waals surface area contributed by atoms with E-state index in [1.807, 2.05) is 19.9 Å². The molecule has 0 bridgehead atoms. The first-order valence-corrected chi connectivity index (χ1v) is 11.9. The molecule has 2 aliphatic rings. The Balaban J connectivity index is 1.99. The molecular formula is C27H31F4NO3. The molecule has 0 saturated carbocycles. The minimum absolute atomic E-state index is 0.163. The van der Waals surface area contributed by atoms with Gasteiger partial charge in [-0.15, -0.1) is 0 Å². The summed E-state index contributed by atoms with van der Waals surface area (Å²) in [5.41, 5.74) is 2.15. The highest BCUT2D eigenvalue weighted by atomic mass is 19.4. The van der Waals surface area contributed by atoms with Crippen molar-refractivity contribution in [1.82, 2.24) is 4.98 Å². The number of hydrogen-bond acceptors (Lipinski definition) is 4. The number of benzene rings is 1. The molecule has 0 saturated heterocycles. The third kappa shape index (κ3) is 5.01. The van der Waals surface area contributed by atoms with Crippen molar-refractivity contribution >= 4 is 5.57 Å². The fourth-order valence-corrected chi connectivity index (χ4v) is 5.23. The van der Waals surface area contributed by atoms with Gasteiger partial charge in [0.2, 0.25) is 0 Å². The molecule has 1 aromatic heterocycles. The molecule has 2 heterocycles. The fraction of sp³-hybridized carbons (Fsp3) is 0.519. The van der Waals surface area contributed by atoms with Gasteiger partial charge in [-0.05, 0) is 53.9 Å². The monoisotopic (exact) mass is 493 g/mol. The molecule has 4 rings (SSSR count). The van der Waals surface area contributed by atoms with Crippen molar-refractivity contribution in [2.45, 2.75) is 71.3 Å². The topological polar surface area (TPSA) is 62.6 Å². The van der Waals surface area contributed by atoms with Crippen molar-refractivity contribution in [2.24, 2.45) is 5.41 Å². The molecule has 2 unspecified atom stereocenters.